The molecule has 0 aliphatic rings. The Morgan fingerprint density at radius 2 is 2.11 bits per heavy atom. The minimum absolute atomic E-state index is 0.230. The summed E-state index contributed by atoms with van der Waals surface area (Å²) in [4.78, 5) is 25.5. The summed E-state index contributed by atoms with van der Waals surface area (Å²) in [5.41, 5.74) is 1.14. The average Bonchev–Trinajstić information content (AvgIpc) is 2.80. The van der Waals surface area contributed by atoms with Gasteiger partial charge in [-0.05, 0) is 12.1 Å². The molecule has 0 fully saturated rings. The molecule has 2 aromatic rings. The van der Waals surface area contributed by atoms with Crippen molar-refractivity contribution in [1.29, 1.82) is 0 Å². The Bertz CT molecular complexity index is 566. The van der Waals surface area contributed by atoms with Gasteiger partial charge in [-0.25, -0.2) is 4.98 Å². The van der Waals surface area contributed by atoms with Crippen LogP contribution in [-0.4, -0.2) is 27.6 Å². The monoisotopic (exact) mass is 261 g/mol. The summed E-state index contributed by atoms with van der Waals surface area (Å²) in [6.45, 7) is 0. The molecular formula is C12H9N2O3S-. The molecule has 0 saturated carbocycles. The molecule has 1 aromatic heterocycles. The summed E-state index contributed by atoms with van der Waals surface area (Å²) in [6, 6.07) is 9.23. The van der Waals surface area contributed by atoms with Crippen LogP contribution in [0.2, 0.25) is 0 Å². The number of aliphatic carboxylic acids is 1. The van der Waals surface area contributed by atoms with E-state index in [1.807, 2.05) is 30.3 Å². The lowest BCUT2D eigenvalue weighted by Crippen LogP contribution is -2.24. The van der Waals surface area contributed by atoms with Crippen LogP contribution in [0.3, 0.4) is 0 Å². The lowest BCUT2D eigenvalue weighted by atomic mass is 10.3. The van der Waals surface area contributed by atoms with E-state index in [0.29, 0.717) is 17.0 Å². The fraction of sp³-hybridized carbons (Fsp3) is 0.0833. The van der Waals surface area contributed by atoms with E-state index >= 15 is 0 Å². The van der Waals surface area contributed by atoms with Gasteiger partial charge in [-0.2, -0.15) is 0 Å². The molecule has 5 nitrogen and oxygen atoms in total. The Labute approximate surface area is 107 Å². The molecule has 0 aliphatic heterocycles. The highest BCUT2D eigenvalue weighted by atomic mass is 32.2. The van der Waals surface area contributed by atoms with Gasteiger partial charge in [0.05, 0.1) is 5.97 Å². The first-order valence-electron chi connectivity index (χ1n) is 5.13. The molecule has 1 heterocycles. The van der Waals surface area contributed by atoms with Gasteiger partial charge in [0, 0.05) is 11.4 Å². The zero-order chi connectivity index (χ0) is 13.0. The van der Waals surface area contributed by atoms with E-state index in [9.17, 15) is 14.7 Å². The van der Waals surface area contributed by atoms with Crippen molar-refractivity contribution in [2.24, 2.45) is 0 Å². The molecule has 0 spiro atoms. The third kappa shape index (κ3) is 2.60. The van der Waals surface area contributed by atoms with E-state index in [2.05, 4.69) is 4.98 Å². The van der Waals surface area contributed by atoms with Gasteiger partial charge in [-0.3, -0.25) is 9.36 Å². The Kier molecular flexibility index (Phi) is 3.78. The van der Waals surface area contributed by atoms with Crippen LogP contribution in [0.4, 0.5) is 0 Å². The summed E-state index contributed by atoms with van der Waals surface area (Å²) < 4.78 is 1.62. The first-order valence-corrected chi connectivity index (χ1v) is 6.11. The Morgan fingerprint density at radius 3 is 2.72 bits per heavy atom. The van der Waals surface area contributed by atoms with Crippen LogP contribution in [0.15, 0.2) is 41.7 Å². The molecule has 18 heavy (non-hydrogen) atoms. The highest BCUT2D eigenvalue weighted by Crippen LogP contribution is 2.22. The molecule has 92 valence electrons. The van der Waals surface area contributed by atoms with Crippen molar-refractivity contribution in [2.45, 2.75) is 5.03 Å². The second-order valence-corrected chi connectivity index (χ2v) is 4.38. The second-order valence-electron chi connectivity index (χ2n) is 3.42. The fourth-order valence-corrected chi connectivity index (χ4v) is 2.15. The standard InChI is InChI=1S/C12H10N2O3S/c15-6-10-12(18-7-11(16)17)13-8-14(10)9-4-2-1-3-5-9/h1-6,8H,7H2,(H,16,17)/p-1. The number of carbonyl (C=O) groups excluding carboxylic acids is 2. The predicted molar refractivity (Wildman–Crippen MR) is 64.7 cm³/mol. The van der Waals surface area contributed by atoms with E-state index in [4.69, 9.17) is 0 Å². The van der Waals surface area contributed by atoms with Crippen LogP contribution >= 0.6 is 11.8 Å². The first-order chi connectivity index (χ1) is 8.72. The van der Waals surface area contributed by atoms with Gasteiger partial charge in [0.15, 0.2) is 6.29 Å². The molecule has 0 aliphatic carbocycles. The van der Waals surface area contributed by atoms with Crippen LogP contribution < -0.4 is 5.11 Å². The van der Waals surface area contributed by atoms with E-state index in [0.717, 1.165) is 17.4 Å². The second kappa shape index (κ2) is 5.50. The summed E-state index contributed by atoms with van der Waals surface area (Å²) in [5, 5.41) is 10.8. The largest absolute Gasteiger partial charge is 0.549 e. The van der Waals surface area contributed by atoms with E-state index < -0.39 is 5.97 Å². The first kappa shape index (κ1) is 12.4. The zero-order valence-corrected chi connectivity index (χ0v) is 10.1. The van der Waals surface area contributed by atoms with Crippen molar-refractivity contribution in [1.82, 2.24) is 9.55 Å². The van der Waals surface area contributed by atoms with Gasteiger partial charge < -0.3 is 9.90 Å². The Balaban J connectivity index is 2.33. The van der Waals surface area contributed by atoms with Gasteiger partial charge in [0.25, 0.3) is 0 Å². The average molecular weight is 261 g/mol. The molecule has 0 saturated heterocycles. The molecule has 1 aromatic carbocycles. The SMILES string of the molecule is O=Cc1c(SCC(=O)[O-])ncn1-c1ccccc1. The number of rotatable bonds is 5. The molecule has 0 bridgehead atoms. The molecular weight excluding hydrogens is 252 g/mol. The van der Waals surface area contributed by atoms with Gasteiger partial charge >= 0.3 is 0 Å². The number of carboxylic acid groups (broad SMARTS) is 1. The molecule has 0 amide bonds. The van der Waals surface area contributed by atoms with Crippen LogP contribution in [0.25, 0.3) is 5.69 Å². The van der Waals surface area contributed by atoms with Crippen LogP contribution in [0.1, 0.15) is 10.5 Å². The maximum absolute atomic E-state index is 11.1. The third-order valence-electron chi connectivity index (χ3n) is 2.24. The number of aromatic nitrogens is 2. The van der Waals surface area contributed by atoms with Crippen molar-refractivity contribution in [3.8, 4) is 5.69 Å². The van der Waals surface area contributed by atoms with Gasteiger partial charge in [-0.1, -0.05) is 30.0 Å². The van der Waals surface area contributed by atoms with Crippen molar-refractivity contribution in [3.63, 3.8) is 0 Å². The third-order valence-corrected chi connectivity index (χ3v) is 3.21. The fourth-order valence-electron chi connectivity index (χ4n) is 1.48. The normalized spacial score (nSPS) is 10.2. The zero-order valence-electron chi connectivity index (χ0n) is 9.28. The smallest absolute Gasteiger partial charge is 0.169 e. The van der Waals surface area contributed by atoms with Crippen LogP contribution in [0, 0.1) is 0 Å². The van der Waals surface area contributed by atoms with E-state index in [-0.39, 0.29) is 5.75 Å². The van der Waals surface area contributed by atoms with Gasteiger partial charge in [-0.15, -0.1) is 0 Å². The van der Waals surface area contributed by atoms with Crippen LogP contribution in [0.5, 0.6) is 0 Å². The summed E-state index contributed by atoms with van der Waals surface area (Å²) in [6.07, 6.45) is 2.16. The minimum atomic E-state index is -1.19. The highest BCUT2D eigenvalue weighted by Gasteiger charge is 2.11. The number of carbonyl (C=O) groups is 2. The summed E-state index contributed by atoms with van der Waals surface area (Å²) in [7, 11) is 0. The number of hydrogen-bond acceptors (Lipinski definition) is 5. The molecule has 0 radical (unpaired) electrons. The summed E-state index contributed by atoms with van der Waals surface area (Å²) in [5.74, 6) is -1.42. The number of carboxylic acids is 1. The van der Waals surface area contributed by atoms with Crippen molar-refractivity contribution < 1.29 is 14.7 Å². The Hall–Kier alpha value is -2.08. The van der Waals surface area contributed by atoms with E-state index in [1.165, 1.54) is 6.33 Å². The number of para-hydroxylation sites is 1. The number of nitrogens with zero attached hydrogens (tertiary/aromatic N) is 2. The van der Waals surface area contributed by atoms with Gasteiger partial charge in [0.2, 0.25) is 0 Å². The lowest BCUT2D eigenvalue weighted by Gasteiger charge is -2.04. The van der Waals surface area contributed by atoms with E-state index in [1.54, 1.807) is 4.57 Å². The number of hydrogen-bond donors (Lipinski definition) is 0. The topological polar surface area (TPSA) is 75.0 Å². The van der Waals surface area contributed by atoms with Crippen molar-refractivity contribution in [3.05, 3.63) is 42.4 Å². The van der Waals surface area contributed by atoms with Gasteiger partial charge in [0.1, 0.15) is 17.0 Å². The molecule has 0 unspecified atom stereocenters. The Morgan fingerprint density at radius 1 is 1.39 bits per heavy atom. The maximum atomic E-state index is 11.1. The predicted octanol–water partition coefficient (Wildman–Crippen LogP) is 0.527. The number of thioether (sulfide) groups is 1. The van der Waals surface area contributed by atoms with Crippen molar-refractivity contribution >= 4 is 24.0 Å². The number of aldehydes is 1. The minimum Gasteiger partial charge on any atom is -0.549 e. The molecule has 0 N–H and O–H groups in total. The summed E-state index contributed by atoms with van der Waals surface area (Å²) >= 11 is 0.970. The van der Waals surface area contributed by atoms with Crippen LogP contribution in [-0.2, 0) is 4.79 Å². The van der Waals surface area contributed by atoms with Crippen molar-refractivity contribution in [2.75, 3.05) is 5.75 Å². The number of imidazole rings is 1. The quantitative estimate of drug-likeness (QED) is 0.579. The number of benzene rings is 1. The molecule has 0 atom stereocenters. The molecule has 2 rings (SSSR count). The maximum Gasteiger partial charge on any atom is 0.169 e. The highest BCUT2D eigenvalue weighted by molar-refractivity contribution is 7.99. The molecule has 6 heteroatoms. The lowest BCUT2D eigenvalue weighted by molar-refractivity contribution is -0.301.